The van der Waals surface area contributed by atoms with Crippen LogP contribution in [0.1, 0.15) is 38.8 Å². The van der Waals surface area contributed by atoms with Gasteiger partial charge in [0.1, 0.15) is 36.9 Å². The number of hydrogen-bond acceptors (Lipinski definition) is 6. The Morgan fingerprint density at radius 1 is 0.939 bits per heavy atom. The molecule has 2 N–H and O–H groups in total. The van der Waals surface area contributed by atoms with Crippen molar-refractivity contribution in [3.63, 3.8) is 0 Å². The third kappa shape index (κ3) is 7.44. The van der Waals surface area contributed by atoms with Crippen molar-refractivity contribution >= 4 is 0 Å². The molecule has 1 saturated heterocycles. The van der Waals surface area contributed by atoms with Crippen LogP contribution < -0.4 is 9.47 Å². The number of β-amino-alcohol motifs (C(OH)–C–C–N with tert-alkyl or cyclic N) is 1. The maximum atomic E-state index is 10.1. The molecule has 6 nitrogen and oxygen atoms in total. The molecule has 3 rings (SSSR count). The van der Waals surface area contributed by atoms with Crippen molar-refractivity contribution in [3.05, 3.63) is 59.7 Å². The third-order valence-electron chi connectivity index (χ3n) is 6.53. The Bertz CT molecular complexity index is 792. The molecule has 0 aliphatic carbocycles. The highest BCUT2D eigenvalue weighted by Gasteiger charge is 2.30. The molecule has 182 valence electrons. The van der Waals surface area contributed by atoms with Gasteiger partial charge in [-0.05, 0) is 55.9 Å². The van der Waals surface area contributed by atoms with E-state index in [-0.39, 0.29) is 12.0 Å². The van der Waals surface area contributed by atoms with Gasteiger partial charge in [-0.2, -0.15) is 0 Å². The predicted molar refractivity (Wildman–Crippen MR) is 132 cm³/mol. The first-order valence-corrected chi connectivity index (χ1v) is 11.9. The second-order valence-corrected chi connectivity index (χ2v) is 9.76. The molecule has 1 aliphatic heterocycles. The van der Waals surface area contributed by atoms with Gasteiger partial charge in [-0.3, -0.25) is 4.90 Å². The summed E-state index contributed by atoms with van der Waals surface area (Å²) in [5.41, 5.74) is 2.17. The molecule has 0 saturated carbocycles. The van der Waals surface area contributed by atoms with Gasteiger partial charge in [0.15, 0.2) is 0 Å². The molecule has 0 amide bonds. The van der Waals surface area contributed by atoms with E-state index in [4.69, 9.17) is 9.47 Å². The average Bonchev–Trinajstić information content (AvgIpc) is 3.50. The van der Waals surface area contributed by atoms with E-state index in [2.05, 4.69) is 61.8 Å². The molecule has 1 fully saturated rings. The van der Waals surface area contributed by atoms with Gasteiger partial charge >= 0.3 is 0 Å². The summed E-state index contributed by atoms with van der Waals surface area (Å²) in [7, 11) is 1.98. The lowest BCUT2D eigenvalue weighted by Crippen LogP contribution is -2.32. The highest BCUT2D eigenvalue weighted by molar-refractivity contribution is 5.41. The molecule has 4 unspecified atom stereocenters. The largest absolute Gasteiger partial charge is 0.491 e. The van der Waals surface area contributed by atoms with Gasteiger partial charge in [0.25, 0.3) is 0 Å². The number of aliphatic hydroxyl groups is 2. The number of aliphatic hydroxyl groups excluding tert-OH is 2. The Labute approximate surface area is 198 Å². The summed E-state index contributed by atoms with van der Waals surface area (Å²) < 4.78 is 11.5. The third-order valence-corrected chi connectivity index (χ3v) is 6.53. The van der Waals surface area contributed by atoms with Crippen molar-refractivity contribution in [2.45, 2.75) is 51.4 Å². The Morgan fingerprint density at radius 2 is 1.39 bits per heavy atom. The number of likely N-dealkylation sites (N-methyl/N-ethyl adjacent to an activating group) is 1. The minimum Gasteiger partial charge on any atom is -0.491 e. The first kappa shape index (κ1) is 25.5. The molecule has 0 radical (unpaired) electrons. The molecule has 0 spiro atoms. The second-order valence-electron chi connectivity index (χ2n) is 9.76. The topological polar surface area (TPSA) is 65.2 Å². The first-order valence-electron chi connectivity index (χ1n) is 11.9. The van der Waals surface area contributed by atoms with E-state index in [9.17, 15) is 10.2 Å². The van der Waals surface area contributed by atoms with E-state index in [1.165, 1.54) is 11.1 Å². The van der Waals surface area contributed by atoms with E-state index in [1.54, 1.807) is 0 Å². The maximum Gasteiger partial charge on any atom is 0.119 e. The van der Waals surface area contributed by atoms with Crippen LogP contribution in [-0.2, 0) is 5.41 Å². The fourth-order valence-electron chi connectivity index (χ4n) is 3.90. The maximum absolute atomic E-state index is 10.1. The van der Waals surface area contributed by atoms with E-state index in [1.807, 2.05) is 31.3 Å². The van der Waals surface area contributed by atoms with Crippen LogP contribution in [0.3, 0.4) is 0 Å². The average molecular weight is 457 g/mol. The molecule has 0 bridgehead atoms. The Kier molecular flexibility index (Phi) is 8.76. The van der Waals surface area contributed by atoms with Crippen LogP contribution in [0.2, 0.25) is 0 Å². The molecule has 33 heavy (non-hydrogen) atoms. The van der Waals surface area contributed by atoms with E-state index in [0.717, 1.165) is 24.6 Å². The first-order chi connectivity index (χ1) is 15.7. The van der Waals surface area contributed by atoms with Crippen LogP contribution in [0, 0.1) is 0 Å². The van der Waals surface area contributed by atoms with Gasteiger partial charge in [-0.25, -0.2) is 0 Å². The number of rotatable bonds is 13. The number of ether oxygens (including phenoxy) is 2. The summed E-state index contributed by atoms with van der Waals surface area (Å²) in [6.07, 6.45) is -0.983. The van der Waals surface area contributed by atoms with Crippen molar-refractivity contribution < 1.29 is 19.7 Å². The molecule has 1 heterocycles. The van der Waals surface area contributed by atoms with Crippen molar-refractivity contribution in [3.8, 4) is 11.5 Å². The normalized spacial score (nSPS) is 19.9. The summed E-state index contributed by atoms with van der Waals surface area (Å²) in [5, 5.41) is 20.2. The standard InChI is InChI=1S/C27H40N2O4/c1-6-28(5)16-23(30)18-32-25-11-7-21(8-12-25)27(3,4)22-9-13-26(14-10-22)33-19-24(31)17-29-15-20(29)2/h7-14,20,23-24,30-31H,6,15-19H2,1-5H3. The number of hydrogen-bond donors (Lipinski definition) is 2. The lowest BCUT2D eigenvalue weighted by Gasteiger charge is -2.26. The van der Waals surface area contributed by atoms with Crippen LogP contribution in [0.15, 0.2) is 48.5 Å². The minimum absolute atomic E-state index is 0.185. The highest BCUT2D eigenvalue weighted by Crippen LogP contribution is 2.33. The summed E-state index contributed by atoms with van der Waals surface area (Å²) >= 11 is 0. The van der Waals surface area contributed by atoms with Gasteiger partial charge in [-0.1, -0.05) is 45.0 Å². The molecule has 2 aromatic rings. The SMILES string of the molecule is CCN(C)CC(O)COc1ccc(C(C)(C)c2ccc(OCC(O)CN3CC3C)cc2)cc1. The van der Waals surface area contributed by atoms with E-state index >= 15 is 0 Å². The summed E-state index contributed by atoms with van der Waals surface area (Å²) in [5.74, 6) is 1.52. The van der Waals surface area contributed by atoms with Gasteiger partial charge < -0.3 is 24.6 Å². The molecule has 4 atom stereocenters. The molecule has 6 heteroatoms. The van der Waals surface area contributed by atoms with Crippen LogP contribution in [0.4, 0.5) is 0 Å². The Hall–Kier alpha value is -2.12. The number of benzene rings is 2. The lowest BCUT2D eigenvalue weighted by atomic mass is 9.78. The lowest BCUT2D eigenvalue weighted by molar-refractivity contribution is 0.0778. The zero-order chi connectivity index (χ0) is 24.0. The van der Waals surface area contributed by atoms with Crippen LogP contribution in [0.5, 0.6) is 11.5 Å². The van der Waals surface area contributed by atoms with Crippen LogP contribution >= 0.6 is 0 Å². The summed E-state index contributed by atoms with van der Waals surface area (Å²) in [6, 6.07) is 16.8. The summed E-state index contributed by atoms with van der Waals surface area (Å²) in [6.45, 7) is 12.4. The Morgan fingerprint density at radius 3 is 1.82 bits per heavy atom. The zero-order valence-corrected chi connectivity index (χ0v) is 20.7. The van der Waals surface area contributed by atoms with Gasteiger partial charge in [-0.15, -0.1) is 0 Å². The fraction of sp³-hybridized carbons (Fsp3) is 0.556. The van der Waals surface area contributed by atoms with Gasteiger partial charge in [0, 0.05) is 31.1 Å². The second kappa shape index (κ2) is 11.3. The van der Waals surface area contributed by atoms with Gasteiger partial charge in [0.05, 0.1) is 0 Å². The van der Waals surface area contributed by atoms with Crippen molar-refractivity contribution in [2.24, 2.45) is 0 Å². The van der Waals surface area contributed by atoms with Crippen LogP contribution in [-0.4, -0.2) is 84.7 Å². The van der Waals surface area contributed by atoms with Crippen molar-refractivity contribution in [1.29, 1.82) is 0 Å². The predicted octanol–water partition coefficient (Wildman–Crippen LogP) is 3.15. The molecule has 0 aromatic heterocycles. The summed E-state index contributed by atoms with van der Waals surface area (Å²) in [4.78, 5) is 4.29. The van der Waals surface area contributed by atoms with Gasteiger partial charge in [0.2, 0.25) is 0 Å². The molecular weight excluding hydrogens is 416 g/mol. The van der Waals surface area contributed by atoms with Crippen molar-refractivity contribution in [1.82, 2.24) is 9.80 Å². The molecule has 2 aromatic carbocycles. The van der Waals surface area contributed by atoms with Crippen LogP contribution in [0.25, 0.3) is 0 Å². The molecule has 1 aliphatic rings. The Balaban J connectivity index is 1.52. The van der Waals surface area contributed by atoms with E-state index < -0.39 is 12.2 Å². The smallest absolute Gasteiger partial charge is 0.119 e. The zero-order valence-electron chi connectivity index (χ0n) is 20.7. The van der Waals surface area contributed by atoms with Crippen molar-refractivity contribution in [2.75, 3.05) is 46.4 Å². The van der Waals surface area contributed by atoms with E-state index in [0.29, 0.717) is 25.7 Å². The monoisotopic (exact) mass is 456 g/mol. The quantitative estimate of drug-likeness (QED) is 0.452. The molecular formula is C27H40N2O4. The highest BCUT2D eigenvalue weighted by atomic mass is 16.5. The fourth-order valence-corrected chi connectivity index (χ4v) is 3.90. The number of nitrogens with zero attached hydrogens (tertiary/aromatic N) is 2. The minimum atomic E-state index is -0.511.